The second kappa shape index (κ2) is 15.0. The van der Waals surface area contributed by atoms with Crippen LogP contribution >= 0.6 is 0 Å². The van der Waals surface area contributed by atoms with Gasteiger partial charge in [-0.25, -0.2) is 0 Å². The lowest BCUT2D eigenvalue weighted by Crippen LogP contribution is -2.56. The molecule has 2 aliphatic carbocycles. The molecule has 2 heterocycles. The molecule has 5 aromatic rings. The summed E-state index contributed by atoms with van der Waals surface area (Å²) in [4.78, 5) is 10.4. The summed E-state index contributed by atoms with van der Waals surface area (Å²) in [6.07, 6.45) is 13.4. The molecule has 3 unspecified atom stereocenters. The highest BCUT2D eigenvalue weighted by molar-refractivity contribution is 6.01. The van der Waals surface area contributed by atoms with Gasteiger partial charge in [-0.3, -0.25) is 0 Å². The molecule has 3 atom stereocenters. The van der Waals surface area contributed by atoms with E-state index >= 15 is 0 Å². The first-order chi connectivity index (χ1) is 29.3. The molecule has 0 saturated heterocycles. The van der Waals surface area contributed by atoms with Gasteiger partial charge in [0.1, 0.15) is 0 Å². The molecule has 4 heteroatoms. The summed E-state index contributed by atoms with van der Waals surface area (Å²) in [6.45, 7) is 28.1. The smallest absolute Gasteiger partial charge is 0.0903 e. The fourth-order valence-electron chi connectivity index (χ4n) is 9.82. The summed E-state index contributed by atoms with van der Waals surface area (Å²) in [7, 11) is 0. The Morgan fingerprint density at radius 3 is 1.55 bits per heavy atom. The molecule has 0 bridgehead atoms. The Hall–Kier alpha value is -5.74. The summed E-state index contributed by atoms with van der Waals surface area (Å²) in [5.41, 5.74) is 16.3. The minimum absolute atomic E-state index is 0.00621. The van der Waals surface area contributed by atoms with E-state index in [-0.39, 0.29) is 33.7 Å². The zero-order chi connectivity index (χ0) is 43.9. The van der Waals surface area contributed by atoms with Crippen molar-refractivity contribution in [3.05, 3.63) is 180 Å². The van der Waals surface area contributed by atoms with Gasteiger partial charge in [-0.1, -0.05) is 168 Å². The Balaban J connectivity index is 1.39. The third-order valence-corrected chi connectivity index (χ3v) is 13.6. The van der Waals surface area contributed by atoms with Crippen molar-refractivity contribution in [2.24, 2.45) is 16.7 Å². The number of para-hydroxylation sites is 2. The van der Waals surface area contributed by atoms with Crippen LogP contribution in [0.2, 0.25) is 0 Å². The van der Waals surface area contributed by atoms with E-state index in [9.17, 15) is 0 Å². The number of fused-ring (bicyclic) bond motifs is 3. The average Bonchev–Trinajstić information content (AvgIpc) is 3.23. The van der Waals surface area contributed by atoms with E-state index in [4.69, 9.17) is 0 Å². The number of rotatable bonds is 5. The lowest BCUT2D eigenvalue weighted by atomic mass is 9.74. The lowest BCUT2D eigenvalue weighted by molar-refractivity contribution is 0.285. The molecule has 62 heavy (non-hydrogen) atoms. The topological polar surface area (TPSA) is 13.0 Å². The summed E-state index contributed by atoms with van der Waals surface area (Å²) in [6, 6.07) is 45.6. The highest BCUT2D eigenvalue weighted by Gasteiger charge is 2.48. The van der Waals surface area contributed by atoms with E-state index in [0.29, 0.717) is 5.92 Å². The van der Waals surface area contributed by atoms with Gasteiger partial charge in [0.05, 0.1) is 40.5 Å². The molecule has 9 rings (SSSR count). The molecular formula is C58H66N4. The van der Waals surface area contributed by atoms with Crippen molar-refractivity contribution in [2.75, 3.05) is 19.6 Å². The van der Waals surface area contributed by atoms with Crippen LogP contribution < -0.4 is 19.6 Å². The first-order valence-electron chi connectivity index (χ1n) is 22.8. The molecular weight excluding hydrogens is 753 g/mol. The van der Waals surface area contributed by atoms with Crippen LogP contribution in [-0.2, 0) is 10.8 Å². The number of benzene rings is 5. The number of hydrogen-bond acceptors (Lipinski definition) is 4. The normalized spacial score (nSPS) is 19.8. The molecule has 0 spiro atoms. The number of anilines is 8. The van der Waals surface area contributed by atoms with Crippen molar-refractivity contribution in [3.8, 4) is 0 Å². The first-order valence-corrected chi connectivity index (χ1v) is 22.8. The molecule has 0 radical (unpaired) electrons. The maximum atomic E-state index is 2.78. The van der Waals surface area contributed by atoms with Gasteiger partial charge in [-0.2, -0.15) is 0 Å². The van der Waals surface area contributed by atoms with Gasteiger partial charge in [-0.15, -0.1) is 0 Å². The molecule has 2 aliphatic heterocycles. The highest BCUT2D eigenvalue weighted by Crippen LogP contribution is 2.60. The Labute approximate surface area is 372 Å². The van der Waals surface area contributed by atoms with Crippen molar-refractivity contribution in [1.82, 2.24) is 0 Å². The summed E-state index contributed by atoms with van der Waals surface area (Å²) in [5, 5.41) is 0. The molecule has 0 fully saturated rings. The van der Waals surface area contributed by atoms with Crippen LogP contribution in [0.5, 0.6) is 0 Å². The Morgan fingerprint density at radius 2 is 1.03 bits per heavy atom. The van der Waals surface area contributed by atoms with E-state index in [1.54, 1.807) is 0 Å². The lowest BCUT2D eigenvalue weighted by Gasteiger charge is -2.55. The molecule has 0 amide bonds. The van der Waals surface area contributed by atoms with Crippen molar-refractivity contribution in [1.29, 1.82) is 0 Å². The van der Waals surface area contributed by atoms with E-state index in [2.05, 4.69) is 254 Å². The zero-order valence-electron chi connectivity index (χ0n) is 39.2. The van der Waals surface area contributed by atoms with E-state index < -0.39 is 0 Å². The van der Waals surface area contributed by atoms with Crippen LogP contribution in [0.15, 0.2) is 169 Å². The zero-order valence-corrected chi connectivity index (χ0v) is 39.2. The molecule has 0 N–H and O–H groups in total. The highest BCUT2D eigenvalue weighted by atomic mass is 15.4. The molecule has 0 saturated carbocycles. The number of nitrogens with zero attached hydrogens (tertiary/aromatic N) is 4. The minimum atomic E-state index is -0.00621. The van der Waals surface area contributed by atoms with Gasteiger partial charge in [-0.05, 0) is 117 Å². The van der Waals surface area contributed by atoms with Gasteiger partial charge >= 0.3 is 0 Å². The third kappa shape index (κ3) is 7.40. The molecule has 4 aliphatic rings. The average molecular weight is 819 g/mol. The SMILES string of the molecule is CC(C)(C)C1=CC2C(C=C1)N(c1ccc(C(C)(C)C)cc1)c1cc(N(c3ccccc3)c3ccccc3)cc3c1N2C1=C(C=CC(C(C)(C)C)C1)N3c1ccc(C(C)(C)C)cc1. The van der Waals surface area contributed by atoms with Crippen LogP contribution in [0.25, 0.3) is 0 Å². The fourth-order valence-corrected chi connectivity index (χ4v) is 9.82. The molecule has 0 aromatic heterocycles. The largest absolute Gasteiger partial charge is 0.330 e. The van der Waals surface area contributed by atoms with Crippen LogP contribution in [0.3, 0.4) is 0 Å². The molecule has 4 nitrogen and oxygen atoms in total. The van der Waals surface area contributed by atoms with Gasteiger partial charge < -0.3 is 19.6 Å². The van der Waals surface area contributed by atoms with Crippen molar-refractivity contribution in [3.63, 3.8) is 0 Å². The number of hydrogen-bond donors (Lipinski definition) is 0. The second-order valence-electron chi connectivity index (χ2n) is 22.1. The third-order valence-electron chi connectivity index (χ3n) is 13.6. The maximum absolute atomic E-state index is 2.78. The predicted molar refractivity (Wildman–Crippen MR) is 266 cm³/mol. The van der Waals surface area contributed by atoms with Crippen LogP contribution in [0.1, 0.15) is 101 Å². The van der Waals surface area contributed by atoms with E-state index in [1.807, 2.05) is 0 Å². The van der Waals surface area contributed by atoms with E-state index in [0.717, 1.165) is 23.5 Å². The van der Waals surface area contributed by atoms with E-state index in [1.165, 1.54) is 56.5 Å². The fraction of sp³-hybridized carbons (Fsp3) is 0.345. The Kier molecular flexibility index (Phi) is 10.0. The van der Waals surface area contributed by atoms with Crippen LogP contribution in [0, 0.1) is 16.7 Å². The van der Waals surface area contributed by atoms with Crippen molar-refractivity contribution in [2.45, 2.75) is 112 Å². The van der Waals surface area contributed by atoms with Gasteiger partial charge in [0.25, 0.3) is 0 Å². The summed E-state index contributed by atoms with van der Waals surface area (Å²) >= 11 is 0. The molecule has 318 valence electrons. The number of allylic oxidation sites excluding steroid dienone is 5. The van der Waals surface area contributed by atoms with Crippen molar-refractivity contribution >= 4 is 45.5 Å². The second-order valence-corrected chi connectivity index (χ2v) is 22.1. The molecule has 5 aromatic carbocycles. The standard InChI is InChI=1S/C58H66N4/c1-55(2,3)39-23-29-45(30-24-39)60-48-33-27-41(57(7,8)9)35-50(48)62-51-36-42(58(10,11)12)28-34-49(51)61(46-31-25-40(26-32-46)56(4,5)6)53-38-47(37-52(60)54(53)62)59(43-19-15-13-16-20-43)44-21-17-14-18-22-44/h13-35,37-38,42,48,50H,36H2,1-12H3. The minimum Gasteiger partial charge on any atom is -0.330 e. The quantitative estimate of drug-likeness (QED) is 0.175. The van der Waals surface area contributed by atoms with Gasteiger partial charge in [0.15, 0.2) is 0 Å². The Morgan fingerprint density at radius 1 is 0.500 bits per heavy atom. The first kappa shape index (κ1) is 41.6. The van der Waals surface area contributed by atoms with Crippen molar-refractivity contribution < 1.29 is 0 Å². The van der Waals surface area contributed by atoms with Gasteiger partial charge in [0, 0.05) is 28.4 Å². The summed E-state index contributed by atoms with van der Waals surface area (Å²) in [5.74, 6) is 0.383. The Bertz CT molecular complexity index is 2540. The van der Waals surface area contributed by atoms with Gasteiger partial charge in [0.2, 0.25) is 0 Å². The monoisotopic (exact) mass is 819 g/mol. The maximum Gasteiger partial charge on any atom is 0.0903 e. The van der Waals surface area contributed by atoms with Crippen LogP contribution in [-0.4, -0.2) is 12.1 Å². The summed E-state index contributed by atoms with van der Waals surface area (Å²) < 4.78 is 0. The predicted octanol–water partition coefficient (Wildman–Crippen LogP) is 16.0. The van der Waals surface area contributed by atoms with Crippen LogP contribution in [0.4, 0.5) is 45.5 Å².